The fourth-order valence-corrected chi connectivity index (χ4v) is 3.08. The van der Waals surface area contributed by atoms with E-state index in [1.165, 1.54) is 26.4 Å². The number of benzene rings is 2. The second-order valence-electron chi connectivity index (χ2n) is 6.47. The Morgan fingerprint density at radius 3 is 2.58 bits per heavy atom. The maximum absolute atomic E-state index is 14.0. The molecule has 0 saturated carbocycles. The summed E-state index contributed by atoms with van der Waals surface area (Å²) in [5.74, 6) is 0.350. The van der Waals surface area contributed by atoms with Crippen LogP contribution >= 0.6 is 24.0 Å². The van der Waals surface area contributed by atoms with Crippen molar-refractivity contribution in [1.29, 1.82) is 0 Å². The van der Waals surface area contributed by atoms with Crippen LogP contribution in [0, 0.1) is 5.82 Å². The summed E-state index contributed by atoms with van der Waals surface area (Å²) in [6.07, 6.45) is 0. The summed E-state index contributed by atoms with van der Waals surface area (Å²) in [7, 11) is 3.04. The average Bonchev–Trinajstić information content (AvgIpc) is 3.18. The summed E-state index contributed by atoms with van der Waals surface area (Å²) >= 11 is 6.01. The minimum atomic E-state index is -0.593. The van der Waals surface area contributed by atoms with Crippen molar-refractivity contribution in [2.45, 2.75) is 19.5 Å². The molecule has 0 saturated heterocycles. The third-order valence-electron chi connectivity index (χ3n) is 4.40. The second-order valence-corrected chi connectivity index (χ2v) is 6.88. The Morgan fingerprint density at radius 2 is 1.97 bits per heavy atom. The summed E-state index contributed by atoms with van der Waals surface area (Å²) in [6, 6.07) is 8.81. The maximum atomic E-state index is 14.0. The van der Waals surface area contributed by atoms with E-state index in [1.807, 2.05) is 0 Å². The van der Waals surface area contributed by atoms with Gasteiger partial charge in [0.05, 0.1) is 20.3 Å². The van der Waals surface area contributed by atoms with Crippen LogP contribution < -0.4 is 20.5 Å². The van der Waals surface area contributed by atoms with Crippen LogP contribution in [0.4, 0.5) is 4.39 Å². The van der Waals surface area contributed by atoms with Crippen LogP contribution in [-0.2, 0) is 6.54 Å². The van der Waals surface area contributed by atoms with Gasteiger partial charge in [-0.25, -0.2) is 9.37 Å². The predicted octanol–water partition coefficient (Wildman–Crippen LogP) is 4.52. The van der Waals surface area contributed by atoms with Crippen molar-refractivity contribution in [3.8, 4) is 23.0 Å². The van der Waals surface area contributed by atoms with E-state index in [9.17, 15) is 9.18 Å². The van der Waals surface area contributed by atoms with Gasteiger partial charge in [0.1, 0.15) is 5.82 Å². The molecule has 0 spiro atoms. The molecule has 0 aliphatic rings. The Morgan fingerprint density at radius 1 is 1.26 bits per heavy atom. The number of aromatic nitrogens is 1. The van der Waals surface area contributed by atoms with Crippen LogP contribution in [0.5, 0.6) is 11.5 Å². The zero-order valence-corrected chi connectivity index (χ0v) is 18.6. The van der Waals surface area contributed by atoms with Crippen molar-refractivity contribution >= 4 is 29.9 Å². The molecular formula is C21H22Cl2FN3O4. The zero-order valence-electron chi connectivity index (χ0n) is 17.1. The third kappa shape index (κ3) is 5.28. The van der Waals surface area contributed by atoms with Crippen molar-refractivity contribution in [3.05, 3.63) is 64.3 Å². The molecule has 1 heterocycles. The topological polar surface area (TPSA) is 99.6 Å². The smallest absolute Gasteiger partial charge is 0.273 e. The van der Waals surface area contributed by atoms with Crippen molar-refractivity contribution in [2.24, 2.45) is 5.73 Å². The molecule has 3 aromatic rings. The molecule has 0 aliphatic carbocycles. The molecule has 3 N–H and O–H groups in total. The SMILES string of the molecule is COc1ccc(-c2nc(C(=O)NCc3c(F)cccc3Cl)c(C(C)N)o2)cc1OC.Cl. The molecule has 1 aromatic heterocycles. The lowest BCUT2D eigenvalue weighted by Gasteiger charge is -2.08. The zero-order chi connectivity index (χ0) is 21.8. The number of hydrogen-bond donors (Lipinski definition) is 2. The van der Waals surface area contributed by atoms with Crippen molar-refractivity contribution in [1.82, 2.24) is 10.3 Å². The van der Waals surface area contributed by atoms with Gasteiger partial charge in [0.2, 0.25) is 5.89 Å². The number of hydrogen-bond acceptors (Lipinski definition) is 6. The molecule has 1 atom stereocenters. The summed E-state index contributed by atoms with van der Waals surface area (Å²) in [5.41, 5.74) is 6.73. The highest BCUT2D eigenvalue weighted by Crippen LogP contribution is 2.33. The minimum absolute atomic E-state index is 0. The van der Waals surface area contributed by atoms with E-state index in [-0.39, 0.29) is 46.9 Å². The van der Waals surface area contributed by atoms with Crippen molar-refractivity contribution in [2.75, 3.05) is 14.2 Å². The molecule has 7 nitrogen and oxygen atoms in total. The van der Waals surface area contributed by atoms with Gasteiger partial charge in [0, 0.05) is 22.7 Å². The molecule has 1 amide bonds. The van der Waals surface area contributed by atoms with E-state index in [0.717, 1.165) is 0 Å². The third-order valence-corrected chi connectivity index (χ3v) is 4.75. The molecule has 166 valence electrons. The van der Waals surface area contributed by atoms with Gasteiger partial charge in [-0.3, -0.25) is 4.79 Å². The highest BCUT2D eigenvalue weighted by molar-refractivity contribution is 6.31. The molecule has 3 rings (SSSR count). The standard InChI is InChI=1S/C21H21ClFN3O4.ClH/c1-11(24)19-18(20(27)25-10-13-14(22)5-4-6-15(13)23)26-21(30-19)12-7-8-16(28-2)17(9-12)29-3;/h4-9,11H,10,24H2,1-3H3,(H,25,27);1H. The molecule has 1 unspecified atom stereocenters. The Bertz CT molecular complexity index is 1050. The van der Waals surface area contributed by atoms with E-state index in [2.05, 4.69) is 10.3 Å². The normalized spacial score (nSPS) is 11.4. The number of nitrogens with one attached hydrogen (secondary N) is 1. The van der Waals surface area contributed by atoms with Gasteiger partial charge >= 0.3 is 0 Å². The first-order valence-electron chi connectivity index (χ1n) is 9.05. The summed E-state index contributed by atoms with van der Waals surface area (Å²) in [6.45, 7) is 1.56. The predicted molar refractivity (Wildman–Crippen MR) is 117 cm³/mol. The van der Waals surface area contributed by atoms with Crippen LogP contribution in [0.2, 0.25) is 5.02 Å². The molecule has 0 bridgehead atoms. The van der Waals surface area contributed by atoms with Gasteiger partial charge in [-0.15, -0.1) is 12.4 Å². The number of nitrogens with zero attached hydrogens (tertiary/aromatic N) is 1. The highest BCUT2D eigenvalue weighted by Gasteiger charge is 2.24. The van der Waals surface area contributed by atoms with E-state index in [0.29, 0.717) is 17.1 Å². The number of rotatable bonds is 7. The summed E-state index contributed by atoms with van der Waals surface area (Å²) in [5, 5.41) is 2.83. The van der Waals surface area contributed by atoms with Crippen LogP contribution in [-0.4, -0.2) is 25.1 Å². The molecule has 0 fully saturated rings. The fourth-order valence-electron chi connectivity index (χ4n) is 2.85. The highest BCUT2D eigenvalue weighted by atomic mass is 35.5. The van der Waals surface area contributed by atoms with E-state index < -0.39 is 17.8 Å². The molecular weight excluding hydrogens is 448 g/mol. The monoisotopic (exact) mass is 469 g/mol. The Hall–Kier alpha value is -2.81. The Kier molecular flexibility index (Phi) is 8.27. The van der Waals surface area contributed by atoms with Gasteiger partial charge in [0.25, 0.3) is 5.91 Å². The van der Waals surface area contributed by atoms with Crippen LogP contribution in [0.25, 0.3) is 11.5 Å². The van der Waals surface area contributed by atoms with E-state index in [1.54, 1.807) is 31.2 Å². The van der Waals surface area contributed by atoms with Crippen LogP contribution in [0.3, 0.4) is 0 Å². The number of amides is 1. The molecule has 2 aromatic carbocycles. The summed E-state index contributed by atoms with van der Waals surface area (Å²) < 4.78 is 30.2. The number of nitrogens with two attached hydrogens (primary N) is 1. The minimum Gasteiger partial charge on any atom is -0.493 e. The molecule has 0 radical (unpaired) electrons. The first-order chi connectivity index (χ1) is 14.3. The van der Waals surface area contributed by atoms with Crippen LogP contribution in [0.15, 0.2) is 40.8 Å². The van der Waals surface area contributed by atoms with Gasteiger partial charge < -0.3 is 24.9 Å². The number of carbonyl (C=O) groups excluding carboxylic acids is 1. The Balaban J connectivity index is 0.00000341. The largest absolute Gasteiger partial charge is 0.493 e. The number of ether oxygens (including phenoxy) is 2. The van der Waals surface area contributed by atoms with Gasteiger partial charge in [-0.05, 0) is 37.3 Å². The number of halogens is 3. The van der Waals surface area contributed by atoms with E-state index in [4.69, 9.17) is 31.2 Å². The second kappa shape index (κ2) is 10.5. The van der Waals surface area contributed by atoms with E-state index >= 15 is 0 Å². The van der Waals surface area contributed by atoms with Gasteiger partial charge in [-0.1, -0.05) is 17.7 Å². The first kappa shape index (κ1) is 24.5. The Labute approximate surface area is 190 Å². The fraction of sp³-hybridized carbons (Fsp3) is 0.238. The maximum Gasteiger partial charge on any atom is 0.273 e. The number of oxazole rings is 1. The molecule has 0 aliphatic heterocycles. The number of carbonyl (C=O) groups is 1. The molecule has 10 heteroatoms. The lowest BCUT2D eigenvalue weighted by Crippen LogP contribution is -2.26. The average molecular weight is 470 g/mol. The van der Waals surface area contributed by atoms with Gasteiger partial charge in [-0.2, -0.15) is 0 Å². The van der Waals surface area contributed by atoms with Gasteiger partial charge in [0.15, 0.2) is 23.0 Å². The van der Waals surface area contributed by atoms with Crippen molar-refractivity contribution in [3.63, 3.8) is 0 Å². The number of methoxy groups -OCH3 is 2. The summed E-state index contributed by atoms with van der Waals surface area (Å²) in [4.78, 5) is 17.0. The lowest BCUT2D eigenvalue weighted by molar-refractivity contribution is 0.0943. The first-order valence-corrected chi connectivity index (χ1v) is 9.43. The lowest BCUT2D eigenvalue weighted by atomic mass is 10.2. The van der Waals surface area contributed by atoms with Crippen LogP contribution in [0.1, 0.15) is 34.8 Å². The van der Waals surface area contributed by atoms with Crippen molar-refractivity contribution < 1.29 is 23.1 Å². The quantitative estimate of drug-likeness (QED) is 0.527. The molecule has 31 heavy (non-hydrogen) atoms.